The van der Waals surface area contributed by atoms with Gasteiger partial charge in [-0.15, -0.1) is 0 Å². The van der Waals surface area contributed by atoms with E-state index in [9.17, 15) is 14.4 Å². The topological polar surface area (TPSA) is 92.2 Å². The molecule has 0 spiro atoms. The summed E-state index contributed by atoms with van der Waals surface area (Å²) in [5.74, 6) is 0.315. The Morgan fingerprint density at radius 3 is 2.26 bits per heavy atom. The van der Waals surface area contributed by atoms with E-state index in [1.54, 1.807) is 25.1 Å². The Bertz CT molecular complexity index is 951. The van der Waals surface area contributed by atoms with Crippen LogP contribution < -0.4 is 25.2 Å². The van der Waals surface area contributed by atoms with Crippen LogP contribution in [0.1, 0.15) is 24.2 Å². The number of hydrogen-bond donors (Lipinski definition) is 3. The van der Waals surface area contributed by atoms with Crippen molar-refractivity contribution < 1.29 is 24.0 Å². The van der Waals surface area contributed by atoms with E-state index in [-0.39, 0.29) is 17.6 Å². The van der Waals surface area contributed by atoms with Gasteiger partial charge in [0.2, 0.25) is 5.91 Å². The zero-order valence-electron chi connectivity index (χ0n) is 18.2. The third-order valence-corrected chi connectivity index (χ3v) is 5.31. The fourth-order valence-corrected chi connectivity index (χ4v) is 3.67. The zero-order chi connectivity index (χ0) is 22.4. The molecular formula is C23H29N4O4+. The average molecular weight is 426 g/mol. The van der Waals surface area contributed by atoms with Gasteiger partial charge in [0, 0.05) is 23.9 Å². The van der Waals surface area contributed by atoms with Gasteiger partial charge in [0.05, 0.1) is 39.0 Å². The first kappa shape index (κ1) is 22.3. The number of methoxy groups -OCH3 is 1. The largest absolute Gasteiger partial charge is 0.495 e. The number of Topliss-reactive ketones (excluding diaryl/α,β-unsaturated/α-hetero) is 1. The van der Waals surface area contributed by atoms with Gasteiger partial charge in [0.1, 0.15) is 5.75 Å². The molecular weight excluding hydrogens is 396 g/mol. The molecule has 1 aliphatic rings. The number of ether oxygens (including phenoxy) is 1. The molecule has 3 N–H and O–H groups in total. The molecule has 164 valence electrons. The lowest BCUT2D eigenvalue weighted by molar-refractivity contribution is -0.892. The predicted octanol–water partition coefficient (Wildman–Crippen LogP) is 1.20. The van der Waals surface area contributed by atoms with Crippen LogP contribution >= 0.6 is 0 Å². The maximum absolute atomic E-state index is 12.6. The Labute approximate surface area is 182 Å². The van der Waals surface area contributed by atoms with Gasteiger partial charge in [-0.2, -0.15) is 0 Å². The average Bonchev–Trinajstić information content (AvgIpc) is 2.74. The highest BCUT2D eigenvalue weighted by Gasteiger charge is 2.23. The maximum atomic E-state index is 12.6. The molecule has 0 aliphatic carbocycles. The van der Waals surface area contributed by atoms with E-state index in [0.717, 1.165) is 31.9 Å². The van der Waals surface area contributed by atoms with Crippen LogP contribution in [0.4, 0.5) is 17.1 Å². The molecule has 3 rings (SSSR count). The summed E-state index contributed by atoms with van der Waals surface area (Å²) >= 11 is 0. The van der Waals surface area contributed by atoms with Gasteiger partial charge >= 0.3 is 0 Å². The lowest BCUT2D eigenvalue weighted by Crippen LogP contribution is -3.15. The van der Waals surface area contributed by atoms with Crippen LogP contribution in [0.3, 0.4) is 0 Å². The SMILES string of the molecule is COc1ccc(NC(C)=O)cc1NC(=O)C[NH+]1CCN(c2ccc(C(C)=O)cc2)CC1. The molecule has 0 bridgehead atoms. The molecule has 1 heterocycles. The minimum absolute atomic E-state index is 0.0612. The number of carbonyl (C=O) groups is 3. The lowest BCUT2D eigenvalue weighted by Gasteiger charge is -2.33. The van der Waals surface area contributed by atoms with Crippen molar-refractivity contribution in [2.24, 2.45) is 0 Å². The number of hydrogen-bond acceptors (Lipinski definition) is 5. The molecule has 0 unspecified atom stereocenters. The number of benzene rings is 2. The number of nitrogens with zero attached hydrogens (tertiary/aromatic N) is 1. The molecule has 1 saturated heterocycles. The number of carbonyl (C=O) groups excluding carboxylic acids is 3. The third-order valence-electron chi connectivity index (χ3n) is 5.31. The second-order valence-corrected chi connectivity index (χ2v) is 7.66. The van der Waals surface area contributed by atoms with Gasteiger partial charge in [-0.3, -0.25) is 14.4 Å². The van der Waals surface area contributed by atoms with Crippen molar-refractivity contribution in [3.8, 4) is 5.75 Å². The van der Waals surface area contributed by atoms with Gasteiger partial charge in [-0.05, 0) is 49.4 Å². The van der Waals surface area contributed by atoms with Gasteiger partial charge < -0.3 is 25.2 Å². The summed E-state index contributed by atoms with van der Waals surface area (Å²) < 4.78 is 5.32. The van der Waals surface area contributed by atoms with E-state index in [4.69, 9.17) is 4.74 Å². The maximum Gasteiger partial charge on any atom is 0.279 e. The summed E-state index contributed by atoms with van der Waals surface area (Å²) in [4.78, 5) is 38.8. The van der Waals surface area contributed by atoms with Crippen molar-refractivity contribution in [2.45, 2.75) is 13.8 Å². The van der Waals surface area contributed by atoms with E-state index < -0.39 is 0 Å². The monoisotopic (exact) mass is 425 g/mol. The summed E-state index contributed by atoms with van der Waals surface area (Å²) in [6, 6.07) is 12.8. The van der Waals surface area contributed by atoms with Crippen LogP contribution in [0.25, 0.3) is 0 Å². The Balaban J connectivity index is 1.54. The van der Waals surface area contributed by atoms with Crippen LogP contribution in [0.2, 0.25) is 0 Å². The van der Waals surface area contributed by atoms with E-state index in [0.29, 0.717) is 29.2 Å². The fraction of sp³-hybridized carbons (Fsp3) is 0.348. The van der Waals surface area contributed by atoms with Crippen molar-refractivity contribution in [2.75, 3.05) is 55.4 Å². The second kappa shape index (κ2) is 10.1. The molecule has 1 fully saturated rings. The van der Waals surface area contributed by atoms with Crippen LogP contribution in [-0.4, -0.2) is 57.4 Å². The molecule has 0 aromatic heterocycles. The Kier molecular flexibility index (Phi) is 7.25. The Morgan fingerprint density at radius 2 is 1.68 bits per heavy atom. The molecule has 0 saturated carbocycles. The molecule has 8 nitrogen and oxygen atoms in total. The smallest absolute Gasteiger partial charge is 0.279 e. The fourth-order valence-electron chi connectivity index (χ4n) is 3.67. The van der Waals surface area contributed by atoms with Gasteiger partial charge in [-0.25, -0.2) is 0 Å². The highest BCUT2D eigenvalue weighted by Crippen LogP contribution is 2.27. The summed E-state index contributed by atoms with van der Waals surface area (Å²) in [5.41, 5.74) is 2.93. The zero-order valence-corrected chi connectivity index (χ0v) is 18.2. The van der Waals surface area contributed by atoms with Crippen molar-refractivity contribution in [1.29, 1.82) is 0 Å². The highest BCUT2D eigenvalue weighted by atomic mass is 16.5. The number of rotatable bonds is 7. The molecule has 2 amide bonds. The molecule has 1 aliphatic heterocycles. The highest BCUT2D eigenvalue weighted by molar-refractivity contribution is 5.95. The molecule has 2 aromatic rings. The number of anilines is 3. The second-order valence-electron chi connectivity index (χ2n) is 7.66. The van der Waals surface area contributed by atoms with Crippen molar-refractivity contribution in [3.63, 3.8) is 0 Å². The Hall–Kier alpha value is -3.39. The summed E-state index contributed by atoms with van der Waals surface area (Å²) in [6.45, 7) is 6.70. The quantitative estimate of drug-likeness (QED) is 0.580. The first-order chi connectivity index (χ1) is 14.9. The third kappa shape index (κ3) is 6.05. The minimum Gasteiger partial charge on any atom is -0.495 e. The van der Waals surface area contributed by atoms with Crippen LogP contribution in [0.15, 0.2) is 42.5 Å². The lowest BCUT2D eigenvalue weighted by atomic mass is 10.1. The van der Waals surface area contributed by atoms with Crippen LogP contribution in [-0.2, 0) is 9.59 Å². The van der Waals surface area contributed by atoms with Gasteiger partial charge in [-0.1, -0.05) is 0 Å². The molecule has 0 radical (unpaired) electrons. The first-order valence-electron chi connectivity index (χ1n) is 10.3. The van der Waals surface area contributed by atoms with E-state index in [2.05, 4.69) is 15.5 Å². The first-order valence-corrected chi connectivity index (χ1v) is 10.3. The molecule has 0 atom stereocenters. The summed E-state index contributed by atoms with van der Waals surface area (Å²) in [7, 11) is 1.54. The normalized spacial score (nSPS) is 14.1. The number of amides is 2. The van der Waals surface area contributed by atoms with Gasteiger partial charge in [0.15, 0.2) is 12.3 Å². The van der Waals surface area contributed by atoms with E-state index >= 15 is 0 Å². The minimum atomic E-state index is -0.180. The summed E-state index contributed by atoms with van der Waals surface area (Å²) in [5, 5.41) is 5.61. The number of piperazine rings is 1. The number of ketones is 1. The van der Waals surface area contributed by atoms with Crippen molar-refractivity contribution in [1.82, 2.24) is 0 Å². The van der Waals surface area contributed by atoms with E-state index in [1.807, 2.05) is 24.3 Å². The van der Waals surface area contributed by atoms with Gasteiger partial charge in [0.25, 0.3) is 5.91 Å². The number of quaternary nitrogens is 1. The standard InChI is InChI=1S/C23H28N4O4/c1-16(28)18-4-7-20(8-5-18)27-12-10-26(11-13-27)15-23(30)25-21-14-19(24-17(2)29)6-9-22(21)31-3/h4-9,14H,10-13,15H2,1-3H3,(H,24,29)(H,25,30)/p+1. The molecule has 31 heavy (non-hydrogen) atoms. The molecule has 2 aromatic carbocycles. The predicted molar refractivity (Wildman–Crippen MR) is 120 cm³/mol. The van der Waals surface area contributed by atoms with Crippen LogP contribution in [0.5, 0.6) is 5.75 Å². The Morgan fingerprint density at radius 1 is 1.00 bits per heavy atom. The van der Waals surface area contributed by atoms with E-state index in [1.165, 1.54) is 18.9 Å². The van der Waals surface area contributed by atoms with Crippen molar-refractivity contribution >= 4 is 34.7 Å². The number of nitrogens with one attached hydrogen (secondary N) is 3. The molecule has 8 heteroatoms. The van der Waals surface area contributed by atoms with Crippen molar-refractivity contribution in [3.05, 3.63) is 48.0 Å². The van der Waals surface area contributed by atoms with Crippen LogP contribution in [0, 0.1) is 0 Å². The summed E-state index contributed by atoms with van der Waals surface area (Å²) in [6.07, 6.45) is 0.